The fourth-order valence-electron chi connectivity index (χ4n) is 1.92. The molecule has 8 heteroatoms. The highest BCUT2D eigenvalue weighted by Gasteiger charge is 2.25. The first-order valence-electron chi connectivity index (χ1n) is 6.57. The fraction of sp³-hybridized carbons (Fsp3) is 0.538. The van der Waals surface area contributed by atoms with E-state index in [0.717, 1.165) is 6.07 Å². The van der Waals surface area contributed by atoms with Gasteiger partial charge in [0.05, 0.1) is 9.82 Å². The lowest BCUT2D eigenvalue weighted by molar-refractivity contribution is -0.385. The molecule has 0 aliphatic rings. The van der Waals surface area contributed by atoms with Crippen molar-refractivity contribution < 1.29 is 18.4 Å². The quantitative estimate of drug-likeness (QED) is 0.586. The summed E-state index contributed by atoms with van der Waals surface area (Å²) in [6.07, 6.45) is 0.283. The molecule has 0 radical (unpaired) electrons. The van der Waals surface area contributed by atoms with Crippen LogP contribution < -0.4 is 4.72 Å². The standard InChI is InChI=1S/C13H20N2O5S/c1-9(2)12(6-7-16)14-21(19,20)13-8-11(15(17)18)5-4-10(13)3/h4-5,8-9,12,14,16H,6-7H2,1-3H3. The number of nitro groups is 1. The molecule has 1 aromatic carbocycles. The van der Waals surface area contributed by atoms with Crippen molar-refractivity contribution in [2.45, 2.75) is 38.1 Å². The third kappa shape index (κ3) is 4.48. The van der Waals surface area contributed by atoms with Gasteiger partial charge in [-0.05, 0) is 24.8 Å². The van der Waals surface area contributed by atoms with Gasteiger partial charge in [0, 0.05) is 24.8 Å². The van der Waals surface area contributed by atoms with E-state index in [-0.39, 0.29) is 29.5 Å². The van der Waals surface area contributed by atoms with E-state index in [1.54, 1.807) is 6.92 Å². The second-order valence-electron chi connectivity index (χ2n) is 5.19. The molecular formula is C13H20N2O5S. The van der Waals surface area contributed by atoms with Gasteiger partial charge in [-0.2, -0.15) is 0 Å². The number of sulfonamides is 1. The summed E-state index contributed by atoms with van der Waals surface area (Å²) in [7, 11) is -3.88. The monoisotopic (exact) mass is 316 g/mol. The number of aliphatic hydroxyl groups excluding tert-OH is 1. The summed E-state index contributed by atoms with van der Waals surface area (Å²) in [6.45, 7) is 5.11. The molecule has 0 saturated carbocycles. The molecule has 1 unspecified atom stereocenters. The van der Waals surface area contributed by atoms with Crippen LogP contribution in [0.5, 0.6) is 0 Å². The molecule has 1 atom stereocenters. The van der Waals surface area contributed by atoms with Crippen LogP contribution in [0.25, 0.3) is 0 Å². The van der Waals surface area contributed by atoms with E-state index in [1.165, 1.54) is 12.1 Å². The van der Waals surface area contributed by atoms with Crippen molar-refractivity contribution in [3.63, 3.8) is 0 Å². The van der Waals surface area contributed by atoms with E-state index >= 15 is 0 Å². The Morgan fingerprint density at radius 1 is 1.38 bits per heavy atom. The largest absolute Gasteiger partial charge is 0.396 e. The van der Waals surface area contributed by atoms with Crippen LogP contribution in [0.2, 0.25) is 0 Å². The van der Waals surface area contributed by atoms with Gasteiger partial charge in [0.15, 0.2) is 0 Å². The van der Waals surface area contributed by atoms with Crippen molar-refractivity contribution in [1.29, 1.82) is 0 Å². The van der Waals surface area contributed by atoms with Crippen LogP contribution in [0.1, 0.15) is 25.8 Å². The van der Waals surface area contributed by atoms with Crippen LogP contribution in [0.3, 0.4) is 0 Å². The van der Waals surface area contributed by atoms with E-state index in [2.05, 4.69) is 4.72 Å². The topological polar surface area (TPSA) is 110 Å². The minimum absolute atomic E-state index is 0.00840. The molecule has 118 valence electrons. The number of non-ortho nitro benzene ring substituents is 1. The number of hydrogen-bond donors (Lipinski definition) is 2. The molecule has 21 heavy (non-hydrogen) atoms. The molecule has 0 fully saturated rings. The zero-order valence-electron chi connectivity index (χ0n) is 12.2. The number of rotatable bonds is 7. The Bertz CT molecular complexity index is 613. The number of nitro benzene ring substituents is 1. The Morgan fingerprint density at radius 3 is 2.48 bits per heavy atom. The van der Waals surface area contributed by atoms with Gasteiger partial charge in [0.25, 0.3) is 5.69 Å². The second kappa shape index (κ2) is 6.97. The molecule has 0 aliphatic heterocycles. The minimum Gasteiger partial charge on any atom is -0.396 e. The van der Waals surface area contributed by atoms with Crippen molar-refractivity contribution in [2.75, 3.05) is 6.61 Å². The molecule has 0 saturated heterocycles. The van der Waals surface area contributed by atoms with Crippen LogP contribution in [0.15, 0.2) is 23.1 Å². The summed E-state index contributed by atoms with van der Waals surface area (Å²) in [5.41, 5.74) is 0.156. The Morgan fingerprint density at radius 2 is 2.00 bits per heavy atom. The van der Waals surface area contributed by atoms with Crippen molar-refractivity contribution >= 4 is 15.7 Å². The van der Waals surface area contributed by atoms with Crippen LogP contribution in [-0.4, -0.2) is 31.1 Å². The van der Waals surface area contributed by atoms with Crippen LogP contribution in [0, 0.1) is 23.0 Å². The second-order valence-corrected chi connectivity index (χ2v) is 6.87. The van der Waals surface area contributed by atoms with E-state index in [1.807, 2.05) is 13.8 Å². The van der Waals surface area contributed by atoms with Gasteiger partial charge < -0.3 is 5.11 Å². The van der Waals surface area contributed by atoms with E-state index in [9.17, 15) is 18.5 Å². The highest BCUT2D eigenvalue weighted by atomic mass is 32.2. The number of benzene rings is 1. The molecule has 2 N–H and O–H groups in total. The van der Waals surface area contributed by atoms with Gasteiger partial charge in [0.1, 0.15) is 0 Å². The Kier molecular flexibility index (Phi) is 5.82. The lowest BCUT2D eigenvalue weighted by atomic mass is 10.0. The zero-order valence-corrected chi connectivity index (χ0v) is 13.1. The Labute approximate surface area is 124 Å². The van der Waals surface area contributed by atoms with Crippen LogP contribution in [-0.2, 0) is 10.0 Å². The molecule has 0 bridgehead atoms. The lowest BCUT2D eigenvalue weighted by Crippen LogP contribution is -2.39. The zero-order chi connectivity index (χ0) is 16.2. The molecule has 1 rings (SSSR count). The molecule has 0 heterocycles. The number of aliphatic hydroxyl groups is 1. The number of nitrogens with zero attached hydrogens (tertiary/aromatic N) is 1. The Balaban J connectivity index is 3.18. The van der Waals surface area contributed by atoms with Gasteiger partial charge in [-0.3, -0.25) is 10.1 Å². The molecule has 0 aliphatic carbocycles. The molecule has 7 nitrogen and oxygen atoms in total. The normalized spacial score (nSPS) is 13.4. The van der Waals surface area contributed by atoms with Crippen molar-refractivity contribution in [3.8, 4) is 0 Å². The smallest absolute Gasteiger partial charge is 0.270 e. The third-order valence-corrected chi connectivity index (χ3v) is 4.86. The van der Waals surface area contributed by atoms with Gasteiger partial charge in [0.2, 0.25) is 10.0 Å². The maximum Gasteiger partial charge on any atom is 0.270 e. The average Bonchev–Trinajstić information content (AvgIpc) is 2.37. The Hall–Kier alpha value is -1.51. The first-order valence-corrected chi connectivity index (χ1v) is 8.05. The van der Waals surface area contributed by atoms with Gasteiger partial charge in [-0.25, -0.2) is 13.1 Å². The van der Waals surface area contributed by atoms with Gasteiger partial charge in [-0.1, -0.05) is 19.9 Å². The minimum atomic E-state index is -3.88. The van der Waals surface area contributed by atoms with Crippen molar-refractivity contribution in [2.24, 2.45) is 5.92 Å². The fourth-order valence-corrected chi connectivity index (χ4v) is 3.61. The molecule has 1 aromatic rings. The average molecular weight is 316 g/mol. The third-order valence-electron chi connectivity index (χ3n) is 3.22. The summed E-state index contributed by atoms with van der Waals surface area (Å²) in [5, 5.41) is 19.8. The predicted molar refractivity (Wildman–Crippen MR) is 78.5 cm³/mol. The maximum absolute atomic E-state index is 12.4. The summed E-state index contributed by atoms with van der Waals surface area (Å²) >= 11 is 0. The number of aryl methyl sites for hydroxylation is 1. The summed E-state index contributed by atoms with van der Waals surface area (Å²) in [6, 6.07) is 3.29. The summed E-state index contributed by atoms with van der Waals surface area (Å²) < 4.78 is 27.3. The van der Waals surface area contributed by atoms with Crippen molar-refractivity contribution in [1.82, 2.24) is 4.72 Å². The first-order chi connectivity index (χ1) is 9.69. The maximum atomic E-state index is 12.4. The lowest BCUT2D eigenvalue weighted by Gasteiger charge is -2.21. The highest BCUT2D eigenvalue weighted by molar-refractivity contribution is 7.89. The van der Waals surface area contributed by atoms with Gasteiger partial charge in [-0.15, -0.1) is 0 Å². The van der Waals surface area contributed by atoms with Gasteiger partial charge >= 0.3 is 0 Å². The van der Waals surface area contributed by atoms with Crippen LogP contribution in [0.4, 0.5) is 5.69 Å². The van der Waals surface area contributed by atoms with Crippen molar-refractivity contribution in [3.05, 3.63) is 33.9 Å². The van der Waals surface area contributed by atoms with Crippen LogP contribution >= 0.6 is 0 Å². The van der Waals surface area contributed by atoms with E-state index in [4.69, 9.17) is 5.11 Å². The predicted octanol–water partition coefficient (Wildman–Crippen LogP) is 1.59. The highest BCUT2D eigenvalue weighted by Crippen LogP contribution is 2.22. The summed E-state index contributed by atoms with van der Waals surface area (Å²) in [4.78, 5) is 10.0. The number of nitrogens with one attached hydrogen (secondary N) is 1. The van der Waals surface area contributed by atoms with E-state index in [0.29, 0.717) is 5.56 Å². The molecular weight excluding hydrogens is 296 g/mol. The molecule has 0 amide bonds. The SMILES string of the molecule is Cc1ccc([N+](=O)[O-])cc1S(=O)(=O)NC(CCO)C(C)C. The first kappa shape index (κ1) is 17.5. The number of hydrogen-bond acceptors (Lipinski definition) is 5. The van der Waals surface area contributed by atoms with E-state index < -0.39 is 21.0 Å². The summed E-state index contributed by atoms with van der Waals surface area (Å²) in [5.74, 6) is -0.00840. The molecule has 0 aromatic heterocycles. The molecule has 0 spiro atoms.